The molecule has 0 spiro atoms. The zero-order valence-electron chi connectivity index (χ0n) is 8.46. The molecule has 0 fully saturated rings. The largest absolute Gasteiger partial charge is 0.390 e. The molecule has 0 aliphatic heterocycles. The first-order chi connectivity index (χ1) is 6.14. The van der Waals surface area contributed by atoms with Gasteiger partial charge in [-0.3, -0.25) is 0 Å². The summed E-state index contributed by atoms with van der Waals surface area (Å²) < 4.78 is 0. The zero-order chi connectivity index (χ0) is 9.73. The summed E-state index contributed by atoms with van der Waals surface area (Å²) in [6, 6.07) is 10.1. The Kier molecular flexibility index (Phi) is 3.49. The highest BCUT2D eigenvalue weighted by molar-refractivity contribution is 5.16. The Hall–Kier alpha value is -0.820. The first-order valence-electron chi connectivity index (χ1n) is 4.90. The van der Waals surface area contributed by atoms with Crippen molar-refractivity contribution in [2.45, 2.75) is 38.7 Å². The van der Waals surface area contributed by atoms with E-state index in [0.29, 0.717) is 0 Å². The van der Waals surface area contributed by atoms with Gasteiger partial charge in [-0.1, -0.05) is 43.7 Å². The van der Waals surface area contributed by atoms with Crippen molar-refractivity contribution in [3.8, 4) is 0 Å². The van der Waals surface area contributed by atoms with Crippen molar-refractivity contribution in [2.75, 3.05) is 0 Å². The van der Waals surface area contributed by atoms with Gasteiger partial charge in [0.2, 0.25) is 0 Å². The van der Waals surface area contributed by atoms with E-state index in [1.165, 1.54) is 5.56 Å². The molecule has 0 amide bonds. The van der Waals surface area contributed by atoms with Crippen LogP contribution in [-0.2, 0) is 6.42 Å². The van der Waals surface area contributed by atoms with Gasteiger partial charge < -0.3 is 5.11 Å². The van der Waals surface area contributed by atoms with Gasteiger partial charge in [-0.05, 0) is 18.9 Å². The molecule has 1 N–H and O–H groups in total. The van der Waals surface area contributed by atoms with Gasteiger partial charge in [-0.25, -0.2) is 0 Å². The van der Waals surface area contributed by atoms with Crippen LogP contribution in [-0.4, -0.2) is 10.7 Å². The fourth-order valence-electron chi connectivity index (χ4n) is 1.66. The van der Waals surface area contributed by atoms with Gasteiger partial charge >= 0.3 is 0 Å². The normalized spacial score (nSPS) is 15.3. The maximum absolute atomic E-state index is 9.97. The van der Waals surface area contributed by atoms with Gasteiger partial charge in [0.05, 0.1) is 5.60 Å². The lowest BCUT2D eigenvalue weighted by Gasteiger charge is -2.22. The second-order valence-corrected chi connectivity index (χ2v) is 3.91. The number of benzene rings is 1. The quantitative estimate of drug-likeness (QED) is 0.751. The second kappa shape index (κ2) is 4.43. The van der Waals surface area contributed by atoms with Crippen LogP contribution >= 0.6 is 0 Å². The van der Waals surface area contributed by atoms with E-state index in [0.717, 1.165) is 19.3 Å². The van der Waals surface area contributed by atoms with Crippen LogP contribution in [0.25, 0.3) is 0 Å². The summed E-state index contributed by atoms with van der Waals surface area (Å²) >= 11 is 0. The second-order valence-electron chi connectivity index (χ2n) is 3.91. The molecule has 0 aliphatic carbocycles. The van der Waals surface area contributed by atoms with Crippen LogP contribution in [0.15, 0.2) is 30.3 Å². The van der Waals surface area contributed by atoms with Crippen LogP contribution in [0.4, 0.5) is 0 Å². The Bertz CT molecular complexity index is 239. The molecule has 0 bridgehead atoms. The Balaban J connectivity index is 2.58. The van der Waals surface area contributed by atoms with E-state index in [-0.39, 0.29) is 0 Å². The molecule has 0 aliphatic rings. The molecule has 0 saturated heterocycles. The zero-order valence-corrected chi connectivity index (χ0v) is 8.46. The van der Waals surface area contributed by atoms with E-state index >= 15 is 0 Å². The van der Waals surface area contributed by atoms with Gasteiger partial charge in [-0.15, -0.1) is 0 Å². The molecule has 1 nitrogen and oxygen atoms in total. The van der Waals surface area contributed by atoms with Crippen molar-refractivity contribution in [1.29, 1.82) is 0 Å². The molecule has 1 atom stereocenters. The van der Waals surface area contributed by atoms with Gasteiger partial charge in [0, 0.05) is 6.42 Å². The number of rotatable bonds is 4. The Morgan fingerprint density at radius 3 is 2.38 bits per heavy atom. The maximum Gasteiger partial charge on any atom is 0.0659 e. The molecule has 1 aromatic carbocycles. The van der Waals surface area contributed by atoms with Crippen LogP contribution < -0.4 is 0 Å². The van der Waals surface area contributed by atoms with E-state index in [1.807, 2.05) is 25.1 Å². The van der Waals surface area contributed by atoms with E-state index in [1.54, 1.807) is 0 Å². The predicted octanol–water partition coefficient (Wildman–Crippen LogP) is 2.78. The first kappa shape index (κ1) is 10.3. The molecule has 1 rings (SSSR count). The molecule has 0 heterocycles. The standard InChI is InChI=1S/C12H18O/c1-3-9-12(2,13)10-11-7-5-4-6-8-11/h4-8,13H,3,9-10H2,1-2H3/t12-/m0/s1. The van der Waals surface area contributed by atoms with Crippen molar-refractivity contribution in [2.24, 2.45) is 0 Å². The summed E-state index contributed by atoms with van der Waals surface area (Å²) in [7, 11) is 0. The summed E-state index contributed by atoms with van der Waals surface area (Å²) in [6.07, 6.45) is 2.64. The molecule has 1 aromatic rings. The minimum Gasteiger partial charge on any atom is -0.390 e. The van der Waals surface area contributed by atoms with Crippen molar-refractivity contribution >= 4 is 0 Å². The lowest BCUT2D eigenvalue weighted by molar-refractivity contribution is 0.0505. The lowest BCUT2D eigenvalue weighted by atomic mass is 9.92. The highest BCUT2D eigenvalue weighted by Gasteiger charge is 2.18. The summed E-state index contributed by atoms with van der Waals surface area (Å²) in [5, 5.41) is 9.97. The highest BCUT2D eigenvalue weighted by Crippen LogP contribution is 2.17. The van der Waals surface area contributed by atoms with Gasteiger partial charge in [0.1, 0.15) is 0 Å². The molecular formula is C12H18O. The van der Waals surface area contributed by atoms with Crippen molar-refractivity contribution in [3.05, 3.63) is 35.9 Å². The number of hydrogen-bond donors (Lipinski definition) is 1. The fourth-order valence-corrected chi connectivity index (χ4v) is 1.66. The van der Waals surface area contributed by atoms with Gasteiger partial charge in [0.15, 0.2) is 0 Å². The molecule has 72 valence electrons. The first-order valence-corrected chi connectivity index (χ1v) is 4.90. The van der Waals surface area contributed by atoms with Gasteiger partial charge in [0.25, 0.3) is 0 Å². The number of aliphatic hydroxyl groups is 1. The average molecular weight is 178 g/mol. The van der Waals surface area contributed by atoms with Crippen molar-refractivity contribution in [3.63, 3.8) is 0 Å². The number of hydrogen-bond acceptors (Lipinski definition) is 1. The van der Waals surface area contributed by atoms with Crippen LogP contribution in [0.1, 0.15) is 32.3 Å². The Labute approximate surface area is 80.4 Å². The summed E-state index contributed by atoms with van der Waals surface area (Å²) in [5.74, 6) is 0. The monoisotopic (exact) mass is 178 g/mol. The van der Waals surface area contributed by atoms with Crippen LogP contribution in [0.3, 0.4) is 0 Å². The van der Waals surface area contributed by atoms with E-state index in [9.17, 15) is 5.11 Å². The topological polar surface area (TPSA) is 20.2 Å². The van der Waals surface area contributed by atoms with Crippen LogP contribution in [0.2, 0.25) is 0 Å². The molecule has 13 heavy (non-hydrogen) atoms. The SMILES string of the molecule is CCC[C@](C)(O)Cc1ccccc1. The summed E-state index contributed by atoms with van der Waals surface area (Å²) in [4.78, 5) is 0. The smallest absolute Gasteiger partial charge is 0.0659 e. The molecular weight excluding hydrogens is 160 g/mol. The van der Waals surface area contributed by atoms with E-state index in [4.69, 9.17) is 0 Å². The summed E-state index contributed by atoms with van der Waals surface area (Å²) in [5.41, 5.74) is 0.664. The highest BCUT2D eigenvalue weighted by atomic mass is 16.3. The third-order valence-electron chi connectivity index (χ3n) is 2.22. The Morgan fingerprint density at radius 2 is 1.85 bits per heavy atom. The van der Waals surface area contributed by atoms with Crippen molar-refractivity contribution < 1.29 is 5.11 Å². The van der Waals surface area contributed by atoms with Gasteiger partial charge in [-0.2, -0.15) is 0 Å². The molecule has 1 heteroatoms. The van der Waals surface area contributed by atoms with Crippen LogP contribution in [0, 0.1) is 0 Å². The average Bonchev–Trinajstić information content (AvgIpc) is 2.04. The summed E-state index contributed by atoms with van der Waals surface area (Å²) in [6.45, 7) is 4.00. The minimum absolute atomic E-state index is 0.546. The van der Waals surface area contributed by atoms with E-state index in [2.05, 4.69) is 19.1 Å². The lowest BCUT2D eigenvalue weighted by Crippen LogP contribution is -2.26. The molecule has 0 unspecified atom stereocenters. The third kappa shape index (κ3) is 3.60. The van der Waals surface area contributed by atoms with Crippen LogP contribution in [0.5, 0.6) is 0 Å². The van der Waals surface area contributed by atoms with Crippen molar-refractivity contribution in [1.82, 2.24) is 0 Å². The van der Waals surface area contributed by atoms with E-state index < -0.39 is 5.60 Å². The molecule has 0 radical (unpaired) electrons. The maximum atomic E-state index is 9.97. The molecule has 0 saturated carbocycles. The fraction of sp³-hybridized carbons (Fsp3) is 0.500. The predicted molar refractivity (Wildman–Crippen MR) is 55.7 cm³/mol. The Morgan fingerprint density at radius 1 is 1.23 bits per heavy atom. The molecule has 0 aromatic heterocycles. The minimum atomic E-state index is -0.546. The third-order valence-corrected chi connectivity index (χ3v) is 2.22.